The van der Waals surface area contributed by atoms with Crippen LogP contribution >= 0.6 is 11.6 Å². The molecule has 1 N–H and O–H groups in total. The molecule has 1 atom stereocenters. The van der Waals surface area contributed by atoms with Crippen molar-refractivity contribution in [1.82, 2.24) is 5.32 Å². The van der Waals surface area contributed by atoms with Crippen LogP contribution in [0.4, 0.5) is 0 Å². The first-order valence-electron chi connectivity index (χ1n) is 4.07. The molecule has 0 saturated carbocycles. The topological polar surface area (TPSA) is 42.2 Å². The molecule has 72 valence electrons. The Morgan fingerprint density at radius 2 is 2.46 bits per heavy atom. The van der Waals surface area contributed by atoms with Crippen LogP contribution < -0.4 is 5.32 Å². The predicted molar refractivity (Wildman–Crippen MR) is 51.1 cm³/mol. The SMILES string of the molecule is Cc1ccoc1C(=O)NCC(C)Cl. The van der Waals surface area contributed by atoms with Gasteiger partial charge in [-0.05, 0) is 19.9 Å². The zero-order valence-corrected chi connectivity index (χ0v) is 8.39. The summed E-state index contributed by atoms with van der Waals surface area (Å²) >= 11 is 5.68. The third-order valence-electron chi connectivity index (χ3n) is 1.61. The molecule has 4 heteroatoms. The van der Waals surface area contributed by atoms with Crippen LogP contribution in [0.3, 0.4) is 0 Å². The second kappa shape index (κ2) is 4.33. The molecular weight excluding hydrogens is 190 g/mol. The third kappa shape index (κ3) is 2.77. The van der Waals surface area contributed by atoms with Crippen LogP contribution in [-0.4, -0.2) is 17.8 Å². The second-order valence-electron chi connectivity index (χ2n) is 2.92. The lowest BCUT2D eigenvalue weighted by molar-refractivity contribution is 0.0925. The molecule has 1 aromatic heterocycles. The Kier molecular flexibility index (Phi) is 3.37. The summed E-state index contributed by atoms with van der Waals surface area (Å²) in [5.41, 5.74) is 0.833. The van der Waals surface area contributed by atoms with Gasteiger partial charge in [-0.15, -0.1) is 11.6 Å². The van der Waals surface area contributed by atoms with Gasteiger partial charge in [-0.3, -0.25) is 4.79 Å². The Hall–Kier alpha value is -0.960. The molecular formula is C9H12ClNO2. The van der Waals surface area contributed by atoms with Gasteiger partial charge in [0.25, 0.3) is 5.91 Å². The number of carbonyl (C=O) groups is 1. The lowest BCUT2D eigenvalue weighted by atomic mass is 10.2. The number of aryl methyl sites for hydroxylation is 1. The van der Waals surface area contributed by atoms with E-state index in [1.54, 1.807) is 6.07 Å². The van der Waals surface area contributed by atoms with Crippen molar-refractivity contribution >= 4 is 17.5 Å². The highest BCUT2D eigenvalue weighted by molar-refractivity contribution is 6.20. The molecule has 1 aromatic rings. The molecule has 0 aliphatic rings. The largest absolute Gasteiger partial charge is 0.459 e. The highest BCUT2D eigenvalue weighted by Gasteiger charge is 2.12. The first-order valence-corrected chi connectivity index (χ1v) is 4.51. The van der Waals surface area contributed by atoms with Crippen LogP contribution in [0.15, 0.2) is 16.7 Å². The second-order valence-corrected chi connectivity index (χ2v) is 3.67. The van der Waals surface area contributed by atoms with Crippen molar-refractivity contribution in [3.63, 3.8) is 0 Å². The van der Waals surface area contributed by atoms with Gasteiger partial charge in [0.15, 0.2) is 5.76 Å². The van der Waals surface area contributed by atoms with Crippen LogP contribution in [0.25, 0.3) is 0 Å². The van der Waals surface area contributed by atoms with Crippen molar-refractivity contribution in [3.8, 4) is 0 Å². The van der Waals surface area contributed by atoms with Gasteiger partial charge in [-0.1, -0.05) is 0 Å². The maximum Gasteiger partial charge on any atom is 0.287 e. The summed E-state index contributed by atoms with van der Waals surface area (Å²) in [6.45, 7) is 4.08. The third-order valence-corrected chi connectivity index (χ3v) is 1.77. The minimum absolute atomic E-state index is 0.0702. The fourth-order valence-electron chi connectivity index (χ4n) is 0.919. The van der Waals surface area contributed by atoms with Crippen molar-refractivity contribution < 1.29 is 9.21 Å². The molecule has 0 fully saturated rings. The Balaban J connectivity index is 2.54. The van der Waals surface area contributed by atoms with Crippen LogP contribution in [-0.2, 0) is 0 Å². The zero-order valence-electron chi connectivity index (χ0n) is 7.63. The number of rotatable bonds is 3. The Bertz CT molecular complexity index is 294. The van der Waals surface area contributed by atoms with Gasteiger partial charge < -0.3 is 9.73 Å². The molecule has 0 aromatic carbocycles. The van der Waals surface area contributed by atoms with Crippen molar-refractivity contribution in [2.45, 2.75) is 19.2 Å². The Labute approximate surface area is 82.1 Å². The fourth-order valence-corrected chi connectivity index (χ4v) is 0.996. The fraction of sp³-hybridized carbons (Fsp3) is 0.444. The Morgan fingerprint density at radius 1 is 1.77 bits per heavy atom. The molecule has 1 rings (SSSR count). The Morgan fingerprint density at radius 3 is 2.92 bits per heavy atom. The highest BCUT2D eigenvalue weighted by atomic mass is 35.5. The molecule has 0 radical (unpaired) electrons. The van der Waals surface area contributed by atoms with E-state index < -0.39 is 0 Å². The van der Waals surface area contributed by atoms with E-state index in [0.717, 1.165) is 5.56 Å². The number of amides is 1. The normalized spacial score (nSPS) is 12.5. The smallest absolute Gasteiger partial charge is 0.287 e. The van der Waals surface area contributed by atoms with E-state index in [0.29, 0.717) is 12.3 Å². The van der Waals surface area contributed by atoms with Gasteiger partial charge in [-0.25, -0.2) is 0 Å². The number of halogens is 1. The summed E-state index contributed by atoms with van der Waals surface area (Å²) in [5.74, 6) is 0.146. The minimum atomic E-state index is -0.213. The van der Waals surface area contributed by atoms with E-state index in [-0.39, 0.29) is 11.3 Å². The first kappa shape index (κ1) is 10.1. The highest BCUT2D eigenvalue weighted by Crippen LogP contribution is 2.08. The average molecular weight is 202 g/mol. The lowest BCUT2D eigenvalue weighted by Gasteiger charge is -2.04. The zero-order chi connectivity index (χ0) is 9.84. The van der Waals surface area contributed by atoms with E-state index in [1.807, 2.05) is 13.8 Å². The molecule has 1 unspecified atom stereocenters. The summed E-state index contributed by atoms with van der Waals surface area (Å²) in [6.07, 6.45) is 1.49. The summed E-state index contributed by atoms with van der Waals surface area (Å²) in [5, 5.41) is 2.59. The van der Waals surface area contributed by atoms with Gasteiger partial charge in [0.2, 0.25) is 0 Å². The van der Waals surface area contributed by atoms with Crippen LogP contribution in [0, 0.1) is 6.92 Å². The molecule has 0 aliphatic carbocycles. The number of furan rings is 1. The number of hydrogen-bond acceptors (Lipinski definition) is 2. The predicted octanol–water partition coefficient (Wildman–Crippen LogP) is 1.95. The van der Waals surface area contributed by atoms with Gasteiger partial charge in [0, 0.05) is 17.5 Å². The van der Waals surface area contributed by atoms with Crippen molar-refractivity contribution in [1.29, 1.82) is 0 Å². The number of nitrogens with one attached hydrogen (secondary N) is 1. The molecule has 1 heterocycles. The molecule has 0 bridgehead atoms. The monoisotopic (exact) mass is 201 g/mol. The van der Waals surface area contributed by atoms with Gasteiger partial charge in [0.05, 0.1) is 6.26 Å². The summed E-state index contributed by atoms with van der Waals surface area (Å²) in [6, 6.07) is 1.75. The summed E-state index contributed by atoms with van der Waals surface area (Å²) in [4.78, 5) is 11.4. The van der Waals surface area contributed by atoms with E-state index in [9.17, 15) is 4.79 Å². The molecule has 0 saturated heterocycles. The molecule has 1 amide bonds. The van der Waals surface area contributed by atoms with E-state index in [1.165, 1.54) is 6.26 Å². The maximum atomic E-state index is 11.4. The molecule has 0 spiro atoms. The number of carbonyl (C=O) groups excluding carboxylic acids is 1. The van der Waals surface area contributed by atoms with Crippen molar-refractivity contribution in [2.75, 3.05) is 6.54 Å². The van der Waals surface area contributed by atoms with Crippen LogP contribution in [0.2, 0.25) is 0 Å². The van der Waals surface area contributed by atoms with Crippen LogP contribution in [0.5, 0.6) is 0 Å². The summed E-state index contributed by atoms with van der Waals surface area (Å²) in [7, 11) is 0. The number of hydrogen-bond donors (Lipinski definition) is 1. The van der Waals surface area contributed by atoms with E-state index in [2.05, 4.69) is 5.32 Å². The molecule has 0 aliphatic heterocycles. The lowest BCUT2D eigenvalue weighted by Crippen LogP contribution is -2.28. The van der Waals surface area contributed by atoms with E-state index in [4.69, 9.17) is 16.0 Å². The maximum absolute atomic E-state index is 11.4. The van der Waals surface area contributed by atoms with Gasteiger partial charge in [0.1, 0.15) is 0 Å². The molecule has 13 heavy (non-hydrogen) atoms. The average Bonchev–Trinajstić information content (AvgIpc) is 2.47. The molecule has 3 nitrogen and oxygen atoms in total. The van der Waals surface area contributed by atoms with Crippen LogP contribution in [0.1, 0.15) is 23.0 Å². The number of alkyl halides is 1. The quantitative estimate of drug-likeness (QED) is 0.760. The minimum Gasteiger partial charge on any atom is -0.459 e. The van der Waals surface area contributed by atoms with Gasteiger partial charge in [-0.2, -0.15) is 0 Å². The standard InChI is InChI=1S/C9H12ClNO2/c1-6-3-4-13-8(6)9(12)11-5-7(2)10/h3-4,7H,5H2,1-2H3,(H,11,12). The first-order chi connectivity index (χ1) is 6.11. The van der Waals surface area contributed by atoms with E-state index >= 15 is 0 Å². The van der Waals surface area contributed by atoms with Crippen molar-refractivity contribution in [3.05, 3.63) is 23.7 Å². The van der Waals surface area contributed by atoms with Crippen molar-refractivity contribution in [2.24, 2.45) is 0 Å². The summed E-state index contributed by atoms with van der Waals surface area (Å²) < 4.78 is 5.00. The van der Waals surface area contributed by atoms with Gasteiger partial charge >= 0.3 is 0 Å².